The van der Waals surface area contributed by atoms with Crippen LogP contribution >= 0.6 is 0 Å². The zero-order valence-electron chi connectivity index (χ0n) is 23.8. The summed E-state index contributed by atoms with van der Waals surface area (Å²) in [6.07, 6.45) is 0. The molecular weight excluding hydrogens is 532 g/mol. The van der Waals surface area contributed by atoms with E-state index in [0.717, 1.165) is 27.7 Å². The maximum atomic E-state index is 5.20. The van der Waals surface area contributed by atoms with Crippen LogP contribution in [0.1, 0.15) is 0 Å². The largest absolute Gasteiger partial charge is 0.248 e. The summed E-state index contributed by atoms with van der Waals surface area (Å²) in [7, 11) is 0. The van der Waals surface area contributed by atoms with Gasteiger partial charge in [0, 0.05) is 27.1 Å². The average Bonchev–Trinajstić information content (AvgIpc) is 3.66. The molecule has 2 heterocycles. The molecule has 44 heavy (non-hydrogen) atoms. The molecule has 0 amide bonds. The summed E-state index contributed by atoms with van der Waals surface area (Å²) in [5.74, 6) is 0. The standard InChI is InChI=1S/C42H24N2/c1-2-9-25(10-3-1)28-21-23-37-40(41-38(43-37)24-22-35-33-13-6-7-16-36(33)44-42(35)41)39(28)34-15-8-14-29-31-18-17-26-11-4-5-12-27(26)30(31)19-20-32(29)34/h1-24H. The van der Waals surface area contributed by atoms with Crippen molar-refractivity contribution in [2.45, 2.75) is 0 Å². The first-order valence-corrected chi connectivity index (χ1v) is 15.1. The maximum absolute atomic E-state index is 5.20. The SMILES string of the molecule is c1ccc(-c2ccc3c(c2-c2cccc4c2ccc2c5ccccc5ccc42)-c2c4c(ccc2=N3)=c2ccccc2=N4)cc1. The molecule has 0 bridgehead atoms. The van der Waals surface area contributed by atoms with Crippen molar-refractivity contribution < 1.29 is 0 Å². The van der Waals surface area contributed by atoms with Crippen molar-refractivity contribution in [2.24, 2.45) is 9.98 Å². The highest BCUT2D eigenvalue weighted by Crippen LogP contribution is 2.51. The van der Waals surface area contributed by atoms with Crippen LogP contribution in [0.4, 0.5) is 11.4 Å². The summed E-state index contributed by atoms with van der Waals surface area (Å²) in [4.78, 5) is 10.4. The van der Waals surface area contributed by atoms with Crippen LogP contribution < -0.4 is 10.7 Å². The highest BCUT2D eigenvalue weighted by atomic mass is 14.8. The van der Waals surface area contributed by atoms with E-state index in [2.05, 4.69) is 146 Å². The van der Waals surface area contributed by atoms with Crippen molar-refractivity contribution in [1.82, 2.24) is 0 Å². The summed E-state index contributed by atoms with van der Waals surface area (Å²) in [6.45, 7) is 0. The first kappa shape index (κ1) is 23.7. The van der Waals surface area contributed by atoms with E-state index in [1.54, 1.807) is 0 Å². The number of hydrogen-bond acceptors (Lipinski definition) is 2. The molecular formula is C42H24N2. The number of para-hydroxylation sites is 1. The van der Waals surface area contributed by atoms with Gasteiger partial charge in [-0.1, -0.05) is 121 Å². The molecule has 0 radical (unpaired) electrons. The van der Waals surface area contributed by atoms with Crippen molar-refractivity contribution in [1.29, 1.82) is 0 Å². The summed E-state index contributed by atoms with van der Waals surface area (Å²) >= 11 is 0. The van der Waals surface area contributed by atoms with Gasteiger partial charge in [0.2, 0.25) is 0 Å². The van der Waals surface area contributed by atoms with E-state index in [4.69, 9.17) is 9.98 Å². The maximum Gasteiger partial charge on any atom is 0.0817 e. The van der Waals surface area contributed by atoms with Gasteiger partial charge in [-0.2, -0.15) is 0 Å². The fourth-order valence-electron chi connectivity index (χ4n) is 7.45. The molecule has 0 spiro atoms. The van der Waals surface area contributed by atoms with Crippen LogP contribution in [0.15, 0.2) is 156 Å². The minimum absolute atomic E-state index is 0.985. The van der Waals surface area contributed by atoms with Gasteiger partial charge in [0.15, 0.2) is 0 Å². The molecule has 2 aliphatic rings. The first-order chi connectivity index (χ1) is 21.8. The highest BCUT2D eigenvalue weighted by Gasteiger charge is 2.27. The molecule has 2 nitrogen and oxygen atoms in total. The van der Waals surface area contributed by atoms with E-state index in [1.807, 2.05) is 0 Å². The van der Waals surface area contributed by atoms with Gasteiger partial charge < -0.3 is 0 Å². The van der Waals surface area contributed by atoms with Gasteiger partial charge in [0.25, 0.3) is 0 Å². The molecule has 2 heteroatoms. The molecule has 8 aromatic rings. The Morgan fingerprint density at radius 3 is 2.05 bits per heavy atom. The van der Waals surface area contributed by atoms with E-state index in [9.17, 15) is 0 Å². The fourth-order valence-corrected chi connectivity index (χ4v) is 7.45. The fraction of sp³-hybridized carbons (Fsp3) is 0. The molecule has 0 unspecified atom stereocenters. The summed E-state index contributed by atoms with van der Waals surface area (Å²) in [6, 6.07) is 52.5. The Bertz CT molecular complexity index is 2760. The highest BCUT2D eigenvalue weighted by molar-refractivity contribution is 6.20. The van der Waals surface area contributed by atoms with E-state index >= 15 is 0 Å². The third-order valence-corrected chi connectivity index (χ3v) is 9.39. The number of nitrogens with zero attached hydrogens (tertiary/aromatic N) is 2. The second kappa shape index (κ2) is 8.82. The van der Waals surface area contributed by atoms with E-state index in [1.165, 1.54) is 70.6 Å². The van der Waals surface area contributed by atoms with Crippen LogP contribution in [0.2, 0.25) is 0 Å². The zero-order valence-corrected chi connectivity index (χ0v) is 23.8. The lowest BCUT2D eigenvalue weighted by Crippen LogP contribution is -2.01. The molecule has 0 N–H and O–H groups in total. The van der Waals surface area contributed by atoms with Crippen molar-refractivity contribution in [3.63, 3.8) is 0 Å². The lowest BCUT2D eigenvalue weighted by atomic mass is 9.84. The Labute approximate surface area is 253 Å². The first-order valence-electron chi connectivity index (χ1n) is 15.1. The van der Waals surface area contributed by atoms with Gasteiger partial charge in [-0.3, -0.25) is 0 Å². The predicted molar refractivity (Wildman–Crippen MR) is 181 cm³/mol. The quantitative estimate of drug-likeness (QED) is 0.189. The third-order valence-electron chi connectivity index (χ3n) is 9.39. The molecule has 0 saturated heterocycles. The van der Waals surface area contributed by atoms with Crippen LogP contribution in [0.25, 0.3) is 65.7 Å². The van der Waals surface area contributed by atoms with Crippen molar-refractivity contribution in [2.75, 3.05) is 0 Å². The van der Waals surface area contributed by atoms with Gasteiger partial charge in [0.05, 0.1) is 22.1 Å². The second-order valence-corrected chi connectivity index (χ2v) is 11.7. The summed E-state index contributed by atoms with van der Waals surface area (Å²) < 4.78 is 0. The minimum Gasteiger partial charge on any atom is -0.248 e. The summed E-state index contributed by atoms with van der Waals surface area (Å²) in [5.41, 5.74) is 9.13. The van der Waals surface area contributed by atoms with Gasteiger partial charge in [-0.15, -0.1) is 0 Å². The number of hydrogen-bond donors (Lipinski definition) is 0. The Morgan fingerprint density at radius 1 is 0.341 bits per heavy atom. The molecule has 10 rings (SSSR count). The number of benzene rings is 8. The van der Waals surface area contributed by atoms with Crippen LogP contribution in [0, 0.1) is 10.4 Å². The predicted octanol–water partition coefficient (Wildman–Crippen LogP) is 9.96. The van der Waals surface area contributed by atoms with Crippen LogP contribution in [-0.4, -0.2) is 0 Å². The van der Waals surface area contributed by atoms with Crippen LogP contribution in [-0.2, 0) is 0 Å². The lowest BCUT2D eigenvalue weighted by Gasteiger charge is -2.19. The Balaban J connectivity index is 1.35. The molecule has 0 aromatic heterocycles. The smallest absolute Gasteiger partial charge is 0.0817 e. The van der Waals surface area contributed by atoms with E-state index < -0.39 is 0 Å². The molecule has 0 atom stereocenters. The number of fused-ring (bicyclic) bond motifs is 11. The Kier molecular flexibility index (Phi) is 4.75. The van der Waals surface area contributed by atoms with Gasteiger partial charge in [0.1, 0.15) is 0 Å². The second-order valence-electron chi connectivity index (χ2n) is 11.7. The third kappa shape index (κ3) is 3.20. The molecule has 8 aromatic carbocycles. The summed E-state index contributed by atoms with van der Waals surface area (Å²) in [5, 5.41) is 12.0. The van der Waals surface area contributed by atoms with Gasteiger partial charge >= 0.3 is 0 Å². The average molecular weight is 557 g/mol. The normalized spacial score (nSPS) is 12.5. The van der Waals surface area contributed by atoms with E-state index in [-0.39, 0.29) is 0 Å². The topological polar surface area (TPSA) is 24.7 Å². The zero-order chi connectivity index (χ0) is 28.8. The lowest BCUT2D eigenvalue weighted by molar-refractivity contribution is 1.36. The molecule has 0 fully saturated rings. The Hall–Kier alpha value is -5.86. The monoisotopic (exact) mass is 556 g/mol. The molecule has 202 valence electrons. The van der Waals surface area contributed by atoms with Gasteiger partial charge in [-0.05, 0) is 73.3 Å². The molecule has 0 aliphatic carbocycles. The number of rotatable bonds is 2. The molecule has 0 saturated carbocycles. The van der Waals surface area contributed by atoms with E-state index in [0.29, 0.717) is 0 Å². The van der Waals surface area contributed by atoms with Gasteiger partial charge in [-0.25, -0.2) is 9.98 Å². The molecule has 2 aliphatic heterocycles. The Morgan fingerprint density at radius 2 is 1.09 bits per heavy atom. The van der Waals surface area contributed by atoms with Crippen LogP contribution in [0.3, 0.4) is 0 Å². The van der Waals surface area contributed by atoms with Crippen molar-refractivity contribution >= 4 is 43.7 Å². The van der Waals surface area contributed by atoms with Crippen molar-refractivity contribution in [3.05, 3.63) is 167 Å². The van der Waals surface area contributed by atoms with Crippen LogP contribution in [0.5, 0.6) is 0 Å². The van der Waals surface area contributed by atoms with Crippen molar-refractivity contribution in [3.8, 4) is 33.4 Å². The minimum atomic E-state index is 0.985.